The van der Waals surface area contributed by atoms with Crippen molar-refractivity contribution in [3.8, 4) is 0 Å². The van der Waals surface area contributed by atoms with Crippen LogP contribution >= 0.6 is 0 Å². The maximum atomic E-state index is 10.7. The van der Waals surface area contributed by atoms with Crippen LogP contribution in [0.4, 0.5) is 0 Å². The molecule has 2 rings (SSSR count). The van der Waals surface area contributed by atoms with Crippen molar-refractivity contribution in [3.63, 3.8) is 0 Å². The van der Waals surface area contributed by atoms with Crippen LogP contribution in [0.2, 0.25) is 0 Å². The van der Waals surface area contributed by atoms with Crippen molar-refractivity contribution < 1.29 is 9.90 Å². The number of carboxylic acid groups (broad SMARTS) is 1. The average molecular weight is 166 g/mol. The van der Waals surface area contributed by atoms with Gasteiger partial charge in [-0.25, -0.2) is 0 Å². The molecule has 0 aliphatic heterocycles. The van der Waals surface area contributed by atoms with E-state index in [9.17, 15) is 4.79 Å². The molecule has 0 amide bonds. The predicted molar refractivity (Wildman–Crippen MR) is 41.7 cm³/mol. The van der Waals surface area contributed by atoms with E-state index in [2.05, 4.69) is 10.2 Å². The van der Waals surface area contributed by atoms with Crippen molar-refractivity contribution in [2.75, 3.05) is 0 Å². The third-order valence-corrected chi connectivity index (χ3v) is 2.37. The molecule has 12 heavy (non-hydrogen) atoms. The third-order valence-electron chi connectivity index (χ3n) is 2.37. The zero-order chi connectivity index (χ0) is 8.55. The quantitative estimate of drug-likeness (QED) is 0.642. The van der Waals surface area contributed by atoms with Crippen molar-refractivity contribution in [3.05, 3.63) is 17.5 Å². The van der Waals surface area contributed by atoms with E-state index in [0.717, 1.165) is 18.5 Å². The summed E-state index contributed by atoms with van der Waals surface area (Å²) in [6, 6.07) is 0. The Kier molecular flexibility index (Phi) is 1.60. The Labute approximate surface area is 69.6 Å². The van der Waals surface area contributed by atoms with Gasteiger partial charge in [-0.05, 0) is 18.4 Å². The van der Waals surface area contributed by atoms with E-state index >= 15 is 0 Å². The lowest BCUT2D eigenvalue weighted by molar-refractivity contribution is -0.142. The molecular formula is C8H10N2O2. The van der Waals surface area contributed by atoms with Crippen LogP contribution in [0, 0.1) is 5.92 Å². The van der Waals surface area contributed by atoms with E-state index in [-0.39, 0.29) is 5.92 Å². The lowest BCUT2D eigenvalue weighted by Crippen LogP contribution is -2.21. The van der Waals surface area contributed by atoms with E-state index in [1.54, 1.807) is 6.20 Å². The predicted octanol–water partition coefficient (Wildman–Crippen LogP) is 0.599. The average Bonchev–Trinajstić information content (AvgIpc) is 2.49. The number of nitrogens with zero attached hydrogens (tertiary/aromatic N) is 1. The molecule has 0 spiro atoms. The molecule has 2 N–H and O–H groups in total. The largest absolute Gasteiger partial charge is 0.481 e. The normalized spacial score (nSPS) is 21.8. The van der Waals surface area contributed by atoms with E-state index < -0.39 is 5.97 Å². The number of aryl methyl sites for hydroxylation is 1. The summed E-state index contributed by atoms with van der Waals surface area (Å²) in [4.78, 5) is 10.7. The van der Waals surface area contributed by atoms with Crippen LogP contribution in [0.1, 0.15) is 17.7 Å². The lowest BCUT2D eigenvalue weighted by Gasteiger charge is -2.16. The molecule has 0 fully saturated rings. The fourth-order valence-electron chi connectivity index (χ4n) is 1.62. The highest BCUT2D eigenvalue weighted by Crippen LogP contribution is 2.23. The van der Waals surface area contributed by atoms with Gasteiger partial charge in [0, 0.05) is 12.1 Å². The van der Waals surface area contributed by atoms with Gasteiger partial charge in [-0.3, -0.25) is 9.89 Å². The minimum Gasteiger partial charge on any atom is -0.481 e. The molecule has 1 aromatic heterocycles. The number of fused-ring (bicyclic) bond motifs is 1. The number of H-pyrrole nitrogens is 1. The Morgan fingerprint density at radius 3 is 3.33 bits per heavy atom. The summed E-state index contributed by atoms with van der Waals surface area (Å²) in [5, 5.41) is 15.5. The Hall–Kier alpha value is -1.32. The van der Waals surface area contributed by atoms with Crippen LogP contribution in [0.3, 0.4) is 0 Å². The Bertz CT molecular complexity index is 306. The zero-order valence-corrected chi connectivity index (χ0v) is 6.58. The number of aliphatic carboxylic acids is 1. The standard InChI is InChI=1S/C8H10N2O2/c11-8(12)5-1-2-6-4-9-10-7(6)3-5/h4-5H,1-3H2,(H,9,10)(H,11,12). The highest BCUT2D eigenvalue weighted by atomic mass is 16.4. The van der Waals surface area contributed by atoms with Gasteiger partial charge in [-0.15, -0.1) is 0 Å². The van der Waals surface area contributed by atoms with Gasteiger partial charge in [-0.2, -0.15) is 5.10 Å². The van der Waals surface area contributed by atoms with Crippen molar-refractivity contribution in [1.82, 2.24) is 10.2 Å². The fourth-order valence-corrected chi connectivity index (χ4v) is 1.62. The van der Waals surface area contributed by atoms with Gasteiger partial charge in [0.2, 0.25) is 0 Å². The molecule has 1 aliphatic rings. The minimum atomic E-state index is -0.699. The van der Waals surface area contributed by atoms with Gasteiger partial charge in [0.1, 0.15) is 0 Å². The maximum absolute atomic E-state index is 10.7. The second kappa shape index (κ2) is 2.62. The van der Waals surface area contributed by atoms with Gasteiger partial charge in [0.05, 0.1) is 12.1 Å². The van der Waals surface area contributed by atoms with Crippen molar-refractivity contribution >= 4 is 5.97 Å². The first-order valence-electron chi connectivity index (χ1n) is 4.01. The molecule has 1 aromatic rings. The maximum Gasteiger partial charge on any atom is 0.306 e. The minimum absolute atomic E-state index is 0.224. The van der Waals surface area contributed by atoms with E-state index in [4.69, 9.17) is 5.11 Å². The number of nitrogens with one attached hydrogen (secondary N) is 1. The van der Waals surface area contributed by atoms with Gasteiger partial charge < -0.3 is 5.11 Å². The second-order valence-electron chi connectivity index (χ2n) is 3.15. The van der Waals surface area contributed by atoms with Crippen LogP contribution in [0.15, 0.2) is 6.20 Å². The van der Waals surface area contributed by atoms with Crippen LogP contribution in [-0.2, 0) is 17.6 Å². The van der Waals surface area contributed by atoms with Crippen LogP contribution in [0.25, 0.3) is 0 Å². The number of aromatic nitrogens is 2. The van der Waals surface area contributed by atoms with Gasteiger partial charge in [0.25, 0.3) is 0 Å². The SMILES string of the molecule is O=C(O)C1CCc2cn[nH]c2C1. The van der Waals surface area contributed by atoms with E-state index in [0.29, 0.717) is 6.42 Å². The summed E-state index contributed by atoms with van der Waals surface area (Å²) >= 11 is 0. The van der Waals surface area contributed by atoms with Gasteiger partial charge >= 0.3 is 5.97 Å². The van der Waals surface area contributed by atoms with Crippen molar-refractivity contribution in [2.45, 2.75) is 19.3 Å². The fraction of sp³-hybridized carbons (Fsp3) is 0.500. The molecular weight excluding hydrogens is 156 g/mol. The smallest absolute Gasteiger partial charge is 0.306 e. The number of carboxylic acids is 1. The highest BCUT2D eigenvalue weighted by Gasteiger charge is 2.24. The third kappa shape index (κ3) is 1.09. The number of aromatic amines is 1. The first kappa shape index (κ1) is 7.34. The molecule has 1 heterocycles. The second-order valence-corrected chi connectivity index (χ2v) is 3.15. The molecule has 64 valence electrons. The number of rotatable bonds is 1. The van der Waals surface area contributed by atoms with Gasteiger partial charge in [0.15, 0.2) is 0 Å². The summed E-state index contributed by atoms with van der Waals surface area (Å²) in [5.74, 6) is -0.923. The molecule has 4 heteroatoms. The first-order chi connectivity index (χ1) is 5.77. The van der Waals surface area contributed by atoms with Crippen molar-refractivity contribution in [2.24, 2.45) is 5.92 Å². The van der Waals surface area contributed by atoms with Crippen LogP contribution < -0.4 is 0 Å². The molecule has 0 saturated heterocycles. The summed E-state index contributed by atoms with van der Waals surface area (Å²) in [7, 11) is 0. The topological polar surface area (TPSA) is 66.0 Å². The van der Waals surface area contributed by atoms with Crippen LogP contribution in [-0.4, -0.2) is 21.3 Å². The lowest BCUT2D eigenvalue weighted by atomic mass is 9.88. The summed E-state index contributed by atoms with van der Waals surface area (Å²) < 4.78 is 0. The molecule has 0 aromatic carbocycles. The van der Waals surface area contributed by atoms with Crippen LogP contribution in [0.5, 0.6) is 0 Å². The molecule has 1 atom stereocenters. The highest BCUT2D eigenvalue weighted by molar-refractivity contribution is 5.70. The van der Waals surface area contributed by atoms with E-state index in [1.807, 2.05) is 0 Å². The van der Waals surface area contributed by atoms with Gasteiger partial charge in [-0.1, -0.05) is 0 Å². The summed E-state index contributed by atoms with van der Waals surface area (Å²) in [6.45, 7) is 0. The summed E-state index contributed by atoms with van der Waals surface area (Å²) in [5.41, 5.74) is 2.17. The number of hydrogen-bond donors (Lipinski definition) is 2. The number of carbonyl (C=O) groups is 1. The molecule has 0 bridgehead atoms. The molecule has 0 radical (unpaired) electrons. The monoisotopic (exact) mass is 166 g/mol. The van der Waals surface area contributed by atoms with E-state index in [1.165, 1.54) is 5.56 Å². The zero-order valence-electron chi connectivity index (χ0n) is 6.58. The Balaban J connectivity index is 2.20. The molecule has 4 nitrogen and oxygen atoms in total. The molecule has 1 aliphatic carbocycles. The van der Waals surface area contributed by atoms with Crippen molar-refractivity contribution in [1.29, 1.82) is 0 Å². The Morgan fingerprint density at radius 1 is 1.75 bits per heavy atom. The Morgan fingerprint density at radius 2 is 2.58 bits per heavy atom. The molecule has 0 saturated carbocycles. The summed E-state index contributed by atoms with van der Waals surface area (Å²) in [6.07, 6.45) is 3.96. The number of hydrogen-bond acceptors (Lipinski definition) is 2. The molecule has 1 unspecified atom stereocenters. The first-order valence-corrected chi connectivity index (χ1v) is 4.01.